The highest BCUT2D eigenvalue weighted by Crippen LogP contribution is 2.14. The molecule has 0 fully saturated rings. The lowest BCUT2D eigenvalue weighted by Crippen LogP contribution is -2.07. The molecule has 0 saturated heterocycles. The molecule has 1 unspecified atom stereocenters. The van der Waals surface area contributed by atoms with Gasteiger partial charge in [0, 0.05) is 24.6 Å². The summed E-state index contributed by atoms with van der Waals surface area (Å²) < 4.78 is 2.12. The summed E-state index contributed by atoms with van der Waals surface area (Å²) in [5.41, 5.74) is 8.23. The molecule has 0 aromatic carbocycles. The first-order valence-electron chi connectivity index (χ1n) is 5.60. The van der Waals surface area contributed by atoms with Crippen molar-refractivity contribution in [2.24, 2.45) is 5.73 Å². The molecular weight excluding hydrogens is 198 g/mol. The Hall–Kier alpha value is -1.61. The number of rotatable bonds is 4. The zero-order valence-electron chi connectivity index (χ0n) is 9.50. The zero-order chi connectivity index (χ0) is 11.4. The van der Waals surface area contributed by atoms with Crippen molar-refractivity contribution in [1.82, 2.24) is 9.55 Å². The third kappa shape index (κ3) is 2.49. The average Bonchev–Trinajstić information content (AvgIpc) is 2.78. The fourth-order valence-corrected chi connectivity index (χ4v) is 1.69. The van der Waals surface area contributed by atoms with Crippen LogP contribution in [0, 0.1) is 0 Å². The van der Waals surface area contributed by atoms with Crippen molar-refractivity contribution in [3.8, 4) is 0 Å². The van der Waals surface area contributed by atoms with Gasteiger partial charge >= 0.3 is 0 Å². The third-order valence-electron chi connectivity index (χ3n) is 2.71. The normalized spacial score (nSPS) is 12.6. The van der Waals surface area contributed by atoms with Gasteiger partial charge in [-0.3, -0.25) is 4.98 Å². The summed E-state index contributed by atoms with van der Waals surface area (Å²) in [4.78, 5) is 4.30. The second kappa shape index (κ2) is 4.94. The Kier molecular flexibility index (Phi) is 3.37. The lowest BCUT2D eigenvalue weighted by molar-refractivity contribution is 0.691. The minimum Gasteiger partial charge on any atom is -0.348 e. The molecule has 0 amide bonds. The molecule has 3 nitrogen and oxygen atoms in total. The molecule has 2 N–H and O–H groups in total. The maximum atomic E-state index is 5.97. The van der Waals surface area contributed by atoms with Crippen molar-refractivity contribution in [1.29, 1.82) is 0 Å². The van der Waals surface area contributed by atoms with Gasteiger partial charge in [-0.15, -0.1) is 0 Å². The SMILES string of the molecule is CCC(N)c1ccn(Cc2ccccn2)c1. The van der Waals surface area contributed by atoms with E-state index in [1.165, 1.54) is 5.56 Å². The zero-order valence-corrected chi connectivity index (χ0v) is 9.50. The van der Waals surface area contributed by atoms with E-state index in [2.05, 4.69) is 34.9 Å². The van der Waals surface area contributed by atoms with Crippen LogP contribution in [0.3, 0.4) is 0 Å². The van der Waals surface area contributed by atoms with E-state index >= 15 is 0 Å². The average molecular weight is 215 g/mol. The van der Waals surface area contributed by atoms with E-state index < -0.39 is 0 Å². The van der Waals surface area contributed by atoms with Gasteiger partial charge in [0.1, 0.15) is 0 Å². The molecule has 0 saturated carbocycles. The molecule has 0 bridgehead atoms. The molecule has 0 spiro atoms. The molecule has 2 aromatic rings. The number of nitrogens with two attached hydrogens (primary N) is 1. The summed E-state index contributed by atoms with van der Waals surface area (Å²) in [6, 6.07) is 8.18. The largest absolute Gasteiger partial charge is 0.348 e. The molecule has 84 valence electrons. The molecule has 1 atom stereocenters. The molecular formula is C13H17N3. The quantitative estimate of drug-likeness (QED) is 0.850. The van der Waals surface area contributed by atoms with Gasteiger partial charge in [-0.2, -0.15) is 0 Å². The Labute approximate surface area is 95.9 Å². The maximum Gasteiger partial charge on any atom is 0.0642 e. The van der Waals surface area contributed by atoms with Crippen LogP contribution in [0.1, 0.15) is 30.6 Å². The van der Waals surface area contributed by atoms with Gasteiger partial charge in [-0.25, -0.2) is 0 Å². The van der Waals surface area contributed by atoms with E-state index in [0.717, 1.165) is 18.7 Å². The van der Waals surface area contributed by atoms with Crippen LogP contribution < -0.4 is 5.73 Å². The van der Waals surface area contributed by atoms with Crippen LogP contribution in [0.4, 0.5) is 0 Å². The van der Waals surface area contributed by atoms with Crippen LogP contribution in [-0.4, -0.2) is 9.55 Å². The van der Waals surface area contributed by atoms with Crippen molar-refractivity contribution in [3.05, 3.63) is 54.1 Å². The standard InChI is InChI=1S/C13H17N3/c1-2-13(14)11-6-8-16(9-11)10-12-5-3-4-7-15-12/h3-9,13H,2,10,14H2,1H3. The first-order chi connectivity index (χ1) is 7.79. The second-order valence-electron chi connectivity index (χ2n) is 3.95. The summed E-state index contributed by atoms with van der Waals surface area (Å²) in [5.74, 6) is 0. The Morgan fingerprint density at radius 2 is 2.25 bits per heavy atom. The first kappa shape index (κ1) is 10.9. The van der Waals surface area contributed by atoms with E-state index in [9.17, 15) is 0 Å². The lowest BCUT2D eigenvalue weighted by atomic mass is 10.1. The first-order valence-corrected chi connectivity index (χ1v) is 5.60. The second-order valence-corrected chi connectivity index (χ2v) is 3.95. The van der Waals surface area contributed by atoms with Crippen LogP contribution in [0.5, 0.6) is 0 Å². The summed E-state index contributed by atoms with van der Waals surface area (Å²) in [7, 11) is 0. The van der Waals surface area contributed by atoms with Gasteiger partial charge in [-0.1, -0.05) is 13.0 Å². The summed E-state index contributed by atoms with van der Waals surface area (Å²) >= 11 is 0. The molecule has 2 heterocycles. The van der Waals surface area contributed by atoms with Gasteiger partial charge in [0.15, 0.2) is 0 Å². The topological polar surface area (TPSA) is 43.8 Å². The van der Waals surface area contributed by atoms with Crippen molar-refractivity contribution in [2.45, 2.75) is 25.9 Å². The van der Waals surface area contributed by atoms with E-state index in [4.69, 9.17) is 5.73 Å². The molecule has 0 aliphatic heterocycles. The number of hydrogen-bond donors (Lipinski definition) is 1. The van der Waals surface area contributed by atoms with Crippen LogP contribution in [0.15, 0.2) is 42.9 Å². The third-order valence-corrected chi connectivity index (χ3v) is 2.71. The molecule has 2 aromatic heterocycles. The Morgan fingerprint density at radius 3 is 2.94 bits per heavy atom. The molecule has 3 heteroatoms. The Bertz CT molecular complexity index is 433. The minimum absolute atomic E-state index is 0.144. The van der Waals surface area contributed by atoms with Crippen LogP contribution in [0.25, 0.3) is 0 Å². The fraction of sp³-hybridized carbons (Fsp3) is 0.308. The van der Waals surface area contributed by atoms with Gasteiger partial charge in [0.05, 0.1) is 12.2 Å². The molecule has 0 aliphatic carbocycles. The van der Waals surface area contributed by atoms with Crippen molar-refractivity contribution in [2.75, 3.05) is 0 Å². The van der Waals surface area contributed by atoms with Crippen LogP contribution >= 0.6 is 0 Å². The van der Waals surface area contributed by atoms with Crippen molar-refractivity contribution < 1.29 is 0 Å². The van der Waals surface area contributed by atoms with Gasteiger partial charge in [0.25, 0.3) is 0 Å². The monoisotopic (exact) mass is 215 g/mol. The molecule has 2 rings (SSSR count). The molecule has 0 aliphatic rings. The maximum absolute atomic E-state index is 5.97. The fourth-order valence-electron chi connectivity index (χ4n) is 1.69. The van der Waals surface area contributed by atoms with E-state index in [0.29, 0.717) is 0 Å². The lowest BCUT2D eigenvalue weighted by Gasteiger charge is -2.05. The van der Waals surface area contributed by atoms with E-state index in [-0.39, 0.29) is 6.04 Å². The van der Waals surface area contributed by atoms with E-state index in [1.807, 2.05) is 24.4 Å². The van der Waals surface area contributed by atoms with Crippen LogP contribution in [0.2, 0.25) is 0 Å². The van der Waals surface area contributed by atoms with Crippen LogP contribution in [-0.2, 0) is 6.54 Å². The predicted molar refractivity (Wildman–Crippen MR) is 65.0 cm³/mol. The number of aromatic nitrogens is 2. The highest BCUT2D eigenvalue weighted by molar-refractivity contribution is 5.16. The molecule has 16 heavy (non-hydrogen) atoms. The number of pyridine rings is 1. The van der Waals surface area contributed by atoms with Gasteiger partial charge < -0.3 is 10.3 Å². The summed E-state index contributed by atoms with van der Waals surface area (Å²) in [6.07, 6.45) is 6.94. The van der Waals surface area contributed by atoms with Crippen molar-refractivity contribution in [3.63, 3.8) is 0 Å². The minimum atomic E-state index is 0.144. The van der Waals surface area contributed by atoms with Gasteiger partial charge in [-0.05, 0) is 30.2 Å². The smallest absolute Gasteiger partial charge is 0.0642 e. The van der Waals surface area contributed by atoms with Gasteiger partial charge in [0.2, 0.25) is 0 Å². The summed E-state index contributed by atoms with van der Waals surface area (Å²) in [6.45, 7) is 2.90. The Balaban J connectivity index is 2.09. The highest BCUT2D eigenvalue weighted by Gasteiger charge is 2.05. The molecule has 0 radical (unpaired) electrons. The summed E-state index contributed by atoms with van der Waals surface area (Å²) in [5, 5.41) is 0. The van der Waals surface area contributed by atoms with E-state index in [1.54, 1.807) is 0 Å². The number of nitrogens with zero attached hydrogens (tertiary/aromatic N) is 2. The predicted octanol–water partition coefficient (Wildman–Crippen LogP) is 2.34. The number of hydrogen-bond acceptors (Lipinski definition) is 2. The van der Waals surface area contributed by atoms with Crippen molar-refractivity contribution >= 4 is 0 Å². The Morgan fingerprint density at radius 1 is 1.38 bits per heavy atom. The highest BCUT2D eigenvalue weighted by atomic mass is 15.0.